The number of benzene rings is 4. The molecule has 0 N–H and O–H groups in total. The highest BCUT2D eigenvalue weighted by Gasteiger charge is 2.10. The molecule has 0 unspecified atom stereocenters. The van der Waals surface area contributed by atoms with Crippen molar-refractivity contribution in [3.63, 3.8) is 0 Å². The molecule has 0 saturated heterocycles. The standard InChI is InChI=1S/C45H36O6/c1-7-44(47)50-42-26-21-36(22-27-42)18-23-40-24-19-38(29-43(40)51-45(48)32(4)5)13-12-34-8-10-35(11-9-34)20-25-41(46)28-37-14-16-39(17-15-37)30-49-33(6)31(2)3/h7-11,14-17,19-22,24-27,29H,1-2,4,6,28,30H2,3,5H3/b25-20+. The van der Waals surface area contributed by atoms with Crippen molar-refractivity contribution in [2.45, 2.75) is 26.9 Å². The van der Waals surface area contributed by atoms with E-state index >= 15 is 0 Å². The Balaban J connectivity index is 1.40. The number of allylic oxidation sites excluding steroid dienone is 2. The molecular weight excluding hydrogens is 636 g/mol. The van der Waals surface area contributed by atoms with Gasteiger partial charge in [0.05, 0.1) is 5.56 Å². The van der Waals surface area contributed by atoms with Crippen LogP contribution >= 0.6 is 0 Å². The van der Waals surface area contributed by atoms with Gasteiger partial charge in [0, 0.05) is 34.8 Å². The summed E-state index contributed by atoms with van der Waals surface area (Å²) in [6.45, 7) is 18.5. The lowest BCUT2D eigenvalue weighted by Crippen LogP contribution is -2.09. The van der Waals surface area contributed by atoms with Crippen LogP contribution in [0.25, 0.3) is 6.08 Å². The van der Waals surface area contributed by atoms with Crippen LogP contribution in [0.3, 0.4) is 0 Å². The lowest BCUT2D eigenvalue weighted by molar-refractivity contribution is -0.130. The number of carbonyl (C=O) groups is 3. The highest BCUT2D eigenvalue weighted by molar-refractivity contribution is 5.95. The summed E-state index contributed by atoms with van der Waals surface area (Å²) < 4.78 is 16.3. The van der Waals surface area contributed by atoms with E-state index in [1.807, 2.05) is 55.5 Å². The van der Waals surface area contributed by atoms with E-state index in [-0.39, 0.29) is 23.5 Å². The van der Waals surface area contributed by atoms with Gasteiger partial charge in [-0.3, -0.25) is 4.79 Å². The number of ketones is 1. The van der Waals surface area contributed by atoms with Crippen LogP contribution in [0.2, 0.25) is 0 Å². The maximum absolute atomic E-state index is 12.6. The molecule has 51 heavy (non-hydrogen) atoms. The summed E-state index contributed by atoms with van der Waals surface area (Å²) in [5.74, 6) is 12.3. The average molecular weight is 673 g/mol. The maximum Gasteiger partial charge on any atom is 0.338 e. The largest absolute Gasteiger partial charge is 0.489 e. The minimum Gasteiger partial charge on any atom is -0.489 e. The number of hydrogen-bond donors (Lipinski definition) is 0. The van der Waals surface area contributed by atoms with Crippen molar-refractivity contribution in [2.24, 2.45) is 0 Å². The van der Waals surface area contributed by atoms with Crippen LogP contribution in [-0.4, -0.2) is 17.7 Å². The fourth-order valence-electron chi connectivity index (χ4n) is 4.20. The molecule has 0 heterocycles. The molecule has 0 aliphatic heterocycles. The second-order valence-electron chi connectivity index (χ2n) is 11.4. The van der Waals surface area contributed by atoms with Gasteiger partial charge < -0.3 is 14.2 Å². The van der Waals surface area contributed by atoms with Crippen molar-refractivity contribution >= 4 is 23.8 Å². The molecular formula is C45H36O6. The van der Waals surface area contributed by atoms with Gasteiger partial charge in [0.25, 0.3) is 0 Å². The van der Waals surface area contributed by atoms with Gasteiger partial charge in [-0.2, -0.15) is 0 Å². The number of hydrogen-bond acceptors (Lipinski definition) is 6. The van der Waals surface area contributed by atoms with Crippen LogP contribution in [0.1, 0.15) is 52.8 Å². The minimum atomic E-state index is -0.580. The number of carbonyl (C=O) groups excluding carboxylic acids is 3. The Morgan fingerprint density at radius 2 is 1.27 bits per heavy atom. The van der Waals surface area contributed by atoms with Gasteiger partial charge in [0.1, 0.15) is 23.9 Å². The second-order valence-corrected chi connectivity index (χ2v) is 11.4. The van der Waals surface area contributed by atoms with Crippen molar-refractivity contribution in [2.75, 3.05) is 0 Å². The molecule has 0 aliphatic rings. The Labute approximate surface area is 299 Å². The summed E-state index contributed by atoms with van der Waals surface area (Å²) in [7, 11) is 0. The molecule has 0 saturated carbocycles. The third kappa shape index (κ3) is 11.9. The molecule has 0 aliphatic carbocycles. The molecule has 252 valence electrons. The molecule has 6 heteroatoms. The van der Waals surface area contributed by atoms with Gasteiger partial charge in [0.2, 0.25) is 0 Å². The van der Waals surface area contributed by atoms with E-state index in [2.05, 4.69) is 50.0 Å². The Kier molecular flexibility index (Phi) is 13.1. The topological polar surface area (TPSA) is 78.9 Å². The quantitative estimate of drug-likeness (QED) is 0.0375. The van der Waals surface area contributed by atoms with Crippen LogP contribution in [0, 0.1) is 23.7 Å². The molecule has 6 nitrogen and oxygen atoms in total. The lowest BCUT2D eigenvalue weighted by Gasteiger charge is -2.09. The van der Waals surface area contributed by atoms with Crippen LogP contribution in [0.5, 0.6) is 11.5 Å². The zero-order chi connectivity index (χ0) is 36.8. The maximum atomic E-state index is 12.6. The zero-order valence-electron chi connectivity index (χ0n) is 28.6. The van der Waals surface area contributed by atoms with Gasteiger partial charge in [0.15, 0.2) is 5.78 Å². The molecule has 0 aromatic heterocycles. The highest BCUT2D eigenvalue weighted by Crippen LogP contribution is 2.22. The summed E-state index contributed by atoms with van der Waals surface area (Å²) in [5, 5.41) is 0. The summed E-state index contributed by atoms with van der Waals surface area (Å²) in [6.07, 6.45) is 4.72. The fraction of sp³-hybridized carbons (Fsp3) is 0.0889. The molecule has 0 radical (unpaired) electrons. The van der Waals surface area contributed by atoms with Crippen molar-refractivity contribution in [1.82, 2.24) is 0 Å². The summed E-state index contributed by atoms with van der Waals surface area (Å²) in [6, 6.07) is 27.1. The first-order valence-corrected chi connectivity index (χ1v) is 15.9. The van der Waals surface area contributed by atoms with Crippen molar-refractivity contribution in [1.29, 1.82) is 0 Å². The van der Waals surface area contributed by atoms with Crippen LogP contribution < -0.4 is 9.47 Å². The lowest BCUT2D eigenvalue weighted by atomic mass is 10.1. The predicted molar refractivity (Wildman–Crippen MR) is 200 cm³/mol. The molecule has 0 spiro atoms. The van der Waals surface area contributed by atoms with Crippen molar-refractivity contribution in [3.05, 3.63) is 185 Å². The first-order valence-electron chi connectivity index (χ1n) is 15.9. The normalized spacial score (nSPS) is 10.1. The third-order valence-corrected chi connectivity index (χ3v) is 7.13. The van der Waals surface area contributed by atoms with E-state index in [4.69, 9.17) is 14.2 Å². The van der Waals surface area contributed by atoms with Crippen LogP contribution in [-0.2, 0) is 32.1 Å². The highest BCUT2D eigenvalue weighted by atomic mass is 16.5. The number of rotatable bonds is 12. The Morgan fingerprint density at radius 3 is 1.90 bits per heavy atom. The van der Waals surface area contributed by atoms with Crippen LogP contribution in [0.15, 0.2) is 146 Å². The van der Waals surface area contributed by atoms with Gasteiger partial charge in [-0.1, -0.05) is 92.5 Å². The van der Waals surface area contributed by atoms with Gasteiger partial charge in [-0.25, -0.2) is 9.59 Å². The van der Waals surface area contributed by atoms with E-state index in [9.17, 15) is 14.4 Å². The molecule has 4 aromatic rings. The third-order valence-electron chi connectivity index (χ3n) is 7.13. The summed E-state index contributed by atoms with van der Waals surface area (Å²) >= 11 is 0. The number of ether oxygens (including phenoxy) is 3. The zero-order valence-corrected chi connectivity index (χ0v) is 28.6. The Hall–Kier alpha value is -6.89. The minimum absolute atomic E-state index is 0.0146. The van der Waals surface area contributed by atoms with Crippen LogP contribution in [0.4, 0.5) is 0 Å². The monoisotopic (exact) mass is 672 g/mol. The second kappa shape index (κ2) is 18.0. The predicted octanol–water partition coefficient (Wildman–Crippen LogP) is 8.49. The molecule has 0 atom stereocenters. The Morgan fingerprint density at radius 1 is 0.686 bits per heavy atom. The molecule has 4 aromatic carbocycles. The van der Waals surface area contributed by atoms with E-state index in [0.717, 1.165) is 33.9 Å². The summed E-state index contributed by atoms with van der Waals surface area (Å²) in [4.78, 5) is 36.4. The smallest absolute Gasteiger partial charge is 0.338 e. The molecule has 0 amide bonds. The van der Waals surface area contributed by atoms with E-state index in [1.54, 1.807) is 61.5 Å². The van der Waals surface area contributed by atoms with Gasteiger partial charge >= 0.3 is 11.9 Å². The van der Waals surface area contributed by atoms with Crippen molar-refractivity contribution in [3.8, 4) is 35.2 Å². The SMILES string of the molecule is C=CC(=O)Oc1ccc(C#Cc2ccc(C#Cc3ccc(/C=C/C(=O)Cc4ccc(COC(=C)C(=C)C)cc4)cc3)cc2OC(=O)C(=C)C)cc1. The summed E-state index contributed by atoms with van der Waals surface area (Å²) in [5.41, 5.74) is 6.31. The molecule has 0 bridgehead atoms. The average Bonchev–Trinajstić information content (AvgIpc) is 3.13. The fourth-order valence-corrected chi connectivity index (χ4v) is 4.20. The van der Waals surface area contributed by atoms with Gasteiger partial charge in [-0.15, -0.1) is 0 Å². The van der Waals surface area contributed by atoms with Gasteiger partial charge in [-0.05, 0) is 96.8 Å². The molecule has 4 rings (SSSR count). The number of esters is 2. The van der Waals surface area contributed by atoms with Crippen molar-refractivity contribution < 1.29 is 28.6 Å². The first-order chi connectivity index (χ1) is 24.5. The van der Waals surface area contributed by atoms with E-state index in [1.165, 1.54) is 0 Å². The Bertz CT molecular complexity index is 2140. The van der Waals surface area contributed by atoms with E-state index in [0.29, 0.717) is 34.8 Å². The first kappa shape index (κ1) is 36.9. The molecule has 0 fully saturated rings. The van der Waals surface area contributed by atoms with E-state index < -0.39 is 11.9 Å².